The van der Waals surface area contributed by atoms with E-state index >= 15 is 0 Å². The number of urea groups is 1. The van der Waals surface area contributed by atoms with Gasteiger partial charge in [-0.05, 0) is 25.3 Å². The zero-order valence-corrected chi connectivity index (χ0v) is 15.9. The van der Waals surface area contributed by atoms with Crippen LogP contribution in [0.3, 0.4) is 0 Å². The number of amides is 2. The average molecular weight is 375 g/mol. The molecule has 0 heterocycles. The summed E-state index contributed by atoms with van der Waals surface area (Å²) in [5.74, 6) is 0.951. The number of hydrogen-bond acceptors (Lipinski definition) is 3. The normalized spacial score (nSPS) is 14.5. The Labute approximate surface area is 158 Å². The lowest BCUT2D eigenvalue weighted by Gasteiger charge is -2.18. The Bertz CT molecular complexity index is 801. The number of anilines is 1. The predicted molar refractivity (Wildman–Crippen MR) is 104 cm³/mol. The molecular weight excluding hydrogens is 352 g/mol. The molecule has 1 aliphatic carbocycles. The summed E-state index contributed by atoms with van der Waals surface area (Å²) >= 11 is 6.09. The second-order valence-electron chi connectivity index (χ2n) is 6.64. The van der Waals surface area contributed by atoms with Crippen molar-refractivity contribution in [2.24, 2.45) is 0 Å². The summed E-state index contributed by atoms with van der Waals surface area (Å²) in [6, 6.07) is 11.5. The maximum absolute atomic E-state index is 12.4. The fourth-order valence-corrected chi connectivity index (χ4v) is 3.23. The number of aryl methyl sites for hydroxylation is 1. The molecule has 1 saturated carbocycles. The van der Waals surface area contributed by atoms with Gasteiger partial charge in [0.1, 0.15) is 11.5 Å². The molecule has 0 aliphatic heterocycles. The lowest BCUT2D eigenvalue weighted by molar-refractivity contribution is 0.251. The van der Waals surface area contributed by atoms with Crippen LogP contribution in [0, 0.1) is 6.92 Å². The number of nitrogens with one attached hydrogen (secondary N) is 2. The number of halogens is 1. The topological polar surface area (TPSA) is 59.6 Å². The number of hydrogen-bond donors (Lipinski definition) is 2. The smallest absolute Gasteiger partial charge is 0.319 e. The van der Waals surface area contributed by atoms with Crippen molar-refractivity contribution < 1.29 is 14.3 Å². The van der Waals surface area contributed by atoms with Crippen molar-refractivity contribution in [2.75, 3.05) is 26.1 Å². The van der Waals surface area contributed by atoms with Gasteiger partial charge in [-0.2, -0.15) is 0 Å². The van der Waals surface area contributed by atoms with E-state index in [0.29, 0.717) is 28.8 Å². The Kier molecular flexibility index (Phi) is 5.28. The molecule has 0 atom stereocenters. The van der Waals surface area contributed by atoms with Crippen molar-refractivity contribution in [2.45, 2.75) is 25.2 Å². The zero-order valence-electron chi connectivity index (χ0n) is 15.2. The minimum atomic E-state index is -0.286. The molecule has 0 bridgehead atoms. The van der Waals surface area contributed by atoms with Gasteiger partial charge in [0, 0.05) is 24.1 Å². The van der Waals surface area contributed by atoms with Crippen LogP contribution < -0.4 is 20.1 Å². The molecule has 2 N–H and O–H groups in total. The van der Waals surface area contributed by atoms with Crippen molar-refractivity contribution in [3.05, 3.63) is 52.5 Å². The van der Waals surface area contributed by atoms with Crippen LogP contribution in [0.4, 0.5) is 10.5 Å². The first-order valence-corrected chi connectivity index (χ1v) is 8.89. The van der Waals surface area contributed by atoms with Gasteiger partial charge in [0.25, 0.3) is 0 Å². The molecule has 2 amide bonds. The second kappa shape index (κ2) is 7.46. The first-order valence-electron chi connectivity index (χ1n) is 8.51. The molecule has 2 aromatic rings. The third kappa shape index (κ3) is 3.88. The van der Waals surface area contributed by atoms with E-state index in [1.54, 1.807) is 12.1 Å². The van der Waals surface area contributed by atoms with E-state index in [1.165, 1.54) is 25.3 Å². The van der Waals surface area contributed by atoms with Gasteiger partial charge in [-0.25, -0.2) is 4.79 Å². The summed E-state index contributed by atoms with van der Waals surface area (Å²) < 4.78 is 10.5. The first kappa shape index (κ1) is 18.4. The van der Waals surface area contributed by atoms with Crippen molar-refractivity contribution in [3.8, 4) is 11.5 Å². The van der Waals surface area contributed by atoms with Crippen LogP contribution in [0.15, 0.2) is 36.4 Å². The van der Waals surface area contributed by atoms with Crippen LogP contribution in [0.25, 0.3) is 0 Å². The molecule has 1 aliphatic rings. The maximum atomic E-state index is 12.4. The SMILES string of the molecule is COc1cc(NC(=O)NCC2(c3ccc(C)cc3)CC2)c(OC)cc1Cl. The van der Waals surface area contributed by atoms with Gasteiger partial charge in [0.15, 0.2) is 0 Å². The zero-order chi connectivity index (χ0) is 18.7. The lowest BCUT2D eigenvalue weighted by Crippen LogP contribution is -2.35. The summed E-state index contributed by atoms with van der Waals surface area (Å²) in [4.78, 5) is 12.4. The number of ether oxygens (including phenoxy) is 2. The minimum Gasteiger partial charge on any atom is -0.495 e. The third-order valence-corrected chi connectivity index (χ3v) is 5.12. The van der Waals surface area contributed by atoms with Crippen LogP contribution in [0.1, 0.15) is 24.0 Å². The first-order chi connectivity index (χ1) is 12.5. The number of carbonyl (C=O) groups is 1. The molecule has 0 spiro atoms. The Morgan fingerprint density at radius 3 is 2.35 bits per heavy atom. The van der Waals surface area contributed by atoms with Crippen molar-refractivity contribution in [1.29, 1.82) is 0 Å². The summed E-state index contributed by atoms with van der Waals surface area (Å²) in [6.45, 7) is 2.66. The largest absolute Gasteiger partial charge is 0.495 e. The number of carbonyl (C=O) groups excluding carboxylic acids is 1. The standard InChI is InChI=1S/C20H23ClN2O3/c1-13-4-6-14(7-5-13)20(8-9-20)12-22-19(24)23-16-11-17(25-2)15(21)10-18(16)26-3/h4-7,10-11H,8-9,12H2,1-3H3,(H2,22,23,24). The molecule has 0 radical (unpaired) electrons. The second-order valence-corrected chi connectivity index (χ2v) is 7.05. The van der Waals surface area contributed by atoms with E-state index < -0.39 is 0 Å². The monoisotopic (exact) mass is 374 g/mol. The minimum absolute atomic E-state index is 0.0484. The molecule has 138 valence electrons. The van der Waals surface area contributed by atoms with Gasteiger partial charge in [0.2, 0.25) is 0 Å². The molecule has 0 aromatic heterocycles. The Morgan fingerprint density at radius 1 is 1.12 bits per heavy atom. The highest BCUT2D eigenvalue weighted by molar-refractivity contribution is 6.32. The maximum Gasteiger partial charge on any atom is 0.319 e. The molecule has 6 heteroatoms. The molecule has 2 aromatic carbocycles. The van der Waals surface area contributed by atoms with Gasteiger partial charge >= 0.3 is 6.03 Å². The summed E-state index contributed by atoms with van der Waals surface area (Å²) in [7, 11) is 3.05. The number of methoxy groups -OCH3 is 2. The van der Waals surface area contributed by atoms with Crippen LogP contribution in [0.2, 0.25) is 5.02 Å². The Balaban J connectivity index is 1.65. The average Bonchev–Trinajstić information content (AvgIpc) is 3.43. The summed E-state index contributed by atoms with van der Waals surface area (Å²) in [5.41, 5.74) is 3.06. The van der Waals surface area contributed by atoms with E-state index in [9.17, 15) is 4.79 Å². The highest BCUT2D eigenvalue weighted by Crippen LogP contribution is 2.47. The molecule has 0 saturated heterocycles. The van der Waals surface area contributed by atoms with Gasteiger partial charge in [-0.1, -0.05) is 41.4 Å². The van der Waals surface area contributed by atoms with Crippen LogP contribution in [0.5, 0.6) is 11.5 Å². The lowest BCUT2D eigenvalue weighted by atomic mass is 9.95. The quantitative estimate of drug-likeness (QED) is 0.781. The van der Waals surface area contributed by atoms with E-state index in [1.807, 2.05) is 0 Å². The van der Waals surface area contributed by atoms with Gasteiger partial charge in [-0.3, -0.25) is 0 Å². The Morgan fingerprint density at radius 2 is 1.77 bits per heavy atom. The van der Waals surface area contributed by atoms with Gasteiger partial charge in [-0.15, -0.1) is 0 Å². The molecular formula is C20H23ClN2O3. The molecule has 0 unspecified atom stereocenters. The van der Waals surface area contributed by atoms with Crippen LogP contribution >= 0.6 is 11.6 Å². The Hall–Kier alpha value is -2.40. The van der Waals surface area contributed by atoms with Crippen LogP contribution in [-0.4, -0.2) is 26.8 Å². The van der Waals surface area contributed by atoms with E-state index in [0.717, 1.165) is 12.8 Å². The number of rotatable bonds is 6. The van der Waals surface area contributed by atoms with Crippen molar-refractivity contribution in [1.82, 2.24) is 5.32 Å². The van der Waals surface area contributed by atoms with Gasteiger partial charge in [0.05, 0.1) is 24.9 Å². The van der Waals surface area contributed by atoms with E-state index in [2.05, 4.69) is 41.8 Å². The summed E-state index contributed by atoms with van der Waals surface area (Å²) in [6.07, 6.45) is 2.16. The van der Waals surface area contributed by atoms with Gasteiger partial charge < -0.3 is 20.1 Å². The highest BCUT2D eigenvalue weighted by Gasteiger charge is 2.44. The van der Waals surface area contributed by atoms with E-state index in [-0.39, 0.29) is 11.4 Å². The fraction of sp³-hybridized carbons (Fsp3) is 0.350. The van der Waals surface area contributed by atoms with Crippen molar-refractivity contribution in [3.63, 3.8) is 0 Å². The summed E-state index contributed by atoms with van der Waals surface area (Å²) in [5, 5.41) is 6.20. The van der Waals surface area contributed by atoms with E-state index in [4.69, 9.17) is 21.1 Å². The molecule has 3 rings (SSSR count). The van der Waals surface area contributed by atoms with Crippen molar-refractivity contribution >= 4 is 23.3 Å². The molecule has 26 heavy (non-hydrogen) atoms. The number of benzene rings is 2. The molecule has 5 nitrogen and oxygen atoms in total. The molecule has 1 fully saturated rings. The fourth-order valence-electron chi connectivity index (χ4n) is 3.00. The predicted octanol–water partition coefficient (Wildman–Crippen LogP) is 4.52. The third-order valence-electron chi connectivity index (χ3n) is 4.83. The highest BCUT2D eigenvalue weighted by atomic mass is 35.5. The van der Waals surface area contributed by atoms with Crippen LogP contribution in [-0.2, 0) is 5.41 Å².